The first-order chi connectivity index (χ1) is 15.6. The molecule has 1 aromatic rings. The highest BCUT2D eigenvalue weighted by atomic mass is 19.1. The topological polar surface area (TPSA) is 59.1 Å². The van der Waals surface area contributed by atoms with E-state index in [0.29, 0.717) is 44.6 Å². The van der Waals surface area contributed by atoms with Crippen LogP contribution in [0.15, 0.2) is 18.2 Å². The molecule has 2 amide bonds. The minimum absolute atomic E-state index is 0.0306. The number of likely N-dealkylation sites (tertiary alicyclic amines) is 2. The summed E-state index contributed by atoms with van der Waals surface area (Å²) in [6.07, 6.45) is 3.53. The maximum absolute atomic E-state index is 14.4. The summed E-state index contributed by atoms with van der Waals surface area (Å²) in [6.45, 7) is 2.80. The summed E-state index contributed by atoms with van der Waals surface area (Å²) in [5.41, 5.74) is 0.395. The molecular weight excluding hydrogens is 387 g/mol. The number of methoxy groups -OCH3 is 1. The number of fused-ring (bicyclic) bond motifs is 1. The lowest BCUT2D eigenvalue weighted by Crippen LogP contribution is -2.66. The number of halogens is 1. The first-order valence-corrected chi connectivity index (χ1v) is 10.7. The Hall–Kier alpha value is -2.15. The molecule has 0 N–H and O–H groups in total. The fraction of sp³-hybridized carbons (Fsp3) is 0.652. The molecule has 4 aliphatic rings. The van der Waals surface area contributed by atoms with Crippen LogP contribution in [-0.4, -0.2) is 67.5 Å². The van der Waals surface area contributed by atoms with E-state index in [4.69, 9.17) is 13.6 Å². The Morgan fingerprint density at radius 2 is 2.20 bits per heavy atom. The first-order valence-electron chi connectivity index (χ1n) is 12.2. The van der Waals surface area contributed by atoms with Gasteiger partial charge in [-0.3, -0.25) is 4.79 Å². The summed E-state index contributed by atoms with van der Waals surface area (Å²) in [6, 6.07) is 4.31. The van der Waals surface area contributed by atoms with Gasteiger partial charge in [0.1, 0.15) is 18.2 Å². The Kier molecular flexibility index (Phi) is 4.14. The number of ketones is 1. The van der Waals surface area contributed by atoms with Crippen molar-refractivity contribution in [3.63, 3.8) is 0 Å². The molecule has 30 heavy (non-hydrogen) atoms. The van der Waals surface area contributed by atoms with Gasteiger partial charge in [-0.15, -0.1) is 0 Å². The predicted octanol–water partition coefficient (Wildman–Crippen LogP) is 2.89. The van der Waals surface area contributed by atoms with Gasteiger partial charge in [-0.1, -0.05) is 6.07 Å². The molecule has 7 heteroatoms. The summed E-state index contributed by atoms with van der Waals surface area (Å²) in [5, 5.41) is 0. The monoisotopic (exact) mass is 422 g/mol. The van der Waals surface area contributed by atoms with Gasteiger partial charge < -0.3 is 19.3 Å². The van der Waals surface area contributed by atoms with Gasteiger partial charge in [0.2, 0.25) is 0 Å². The minimum atomic E-state index is -2.62. The lowest BCUT2D eigenvalue weighted by Gasteiger charge is -2.60. The summed E-state index contributed by atoms with van der Waals surface area (Å²) in [5.74, 6) is 0.0708. The zero-order valence-electron chi connectivity index (χ0n) is 19.9. The summed E-state index contributed by atoms with van der Waals surface area (Å²) >= 11 is 0. The van der Waals surface area contributed by atoms with E-state index >= 15 is 0 Å². The van der Waals surface area contributed by atoms with Gasteiger partial charge in [-0.25, -0.2) is 9.18 Å². The number of hydrogen-bond donors (Lipinski definition) is 0. The maximum atomic E-state index is 14.4. The van der Waals surface area contributed by atoms with Crippen LogP contribution in [-0.2, 0) is 16.0 Å². The molecule has 0 bridgehead atoms. The third kappa shape index (κ3) is 3.47. The van der Waals surface area contributed by atoms with Crippen LogP contribution >= 0.6 is 0 Å². The molecule has 1 spiro atoms. The Balaban J connectivity index is 1.12. The second-order valence-electron chi connectivity index (χ2n) is 9.52. The van der Waals surface area contributed by atoms with Gasteiger partial charge in [0.05, 0.1) is 17.3 Å². The van der Waals surface area contributed by atoms with Crippen LogP contribution in [0, 0.1) is 23.1 Å². The van der Waals surface area contributed by atoms with E-state index in [1.54, 1.807) is 0 Å². The van der Waals surface area contributed by atoms with Crippen LogP contribution in [0.1, 0.15) is 35.4 Å². The van der Waals surface area contributed by atoms with Crippen LogP contribution < -0.4 is 4.74 Å². The highest BCUT2D eigenvalue weighted by Crippen LogP contribution is 2.53. The van der Waals surface area contributed by atoms with E-state index in [0.717, 1.165) is 19.3 Å². The maximum Gasteiger partial charge on any atom is 0.320 e. The van der Waals surface area contributed by atoms with Crippen molar-refractivity contribution in [1.82, 2.24) is 9.80 Å². The van der Waals surface area contributed by atoms with Gasteiger partial charge in [0.15, 0.2) is 5.78 Å². The molecule has 1 aliphatic carbocycles. The zero-order valence-corrected chi connectivity index (χ0v) is 16.9. The number of carbonyl (C=O) groups excluding carboxylic acids is 2. The standard InChI is InChI=1S/C23H29FN2O4/c1-29-21-4-2-3-19(24)18(21)7-15-9-23(10-15)13-26(14-23)22(28)25-6-5-20-16(11-25)8-17(27)12-30-20/h2-4,15-16,20H,5-14H2,1H3/t16-,20+/m1/s1/i1T3. The summed E-state index contributed by atoms with van der Waals surface area (Å²) < 4.78 is 47.0. The average molecular weight is 423 g/mol. The quantitative estimate of drug-likeness (QED) is 0.752. The van der Waals surface area contributed by atoms with Crippen molar-refractivity contribution < 1.29 is 27.6 Å². The number of rotatable bonds is 3. The van der Waals surface area contributed by atoms with Crippen molar-refractivity contribution in [3.8, 4) is 5.75 Å². The van der Waals surface area contributed by atoms with Crippen LogP contribution in [0.25, 0.3) is 0 Å². The number of piperidine rings is 1. The van der Waals surface area contributed by atoms with Crippen molar-refractivity contribution in [2.75, 3.05) is 39.8 Å². The summed E-state index contributed by atoms with van der Waals surface area (Å²) in [4.78, 5) is 28.4. The molecule has 0 aromatic heterocycles. The van der Waals surface area contributed by atoms with Crippen molar-refractivity contribution in [3.05, 3.63) is 29.6 Å². The predicted molar refractivity (Wildman–Crippen MR) is 108 cm³/mol. The highest BCUT2D eigenvalue weighted by molar-refractivity contribution is 5.81. The molecule has 5 rings (SSSR count). The Labute approximate surface area is 180 Å². The molecule has 2 atom stereocenters. The van der Waals surface area contributed by atoms with E-state index < -0.39 is 12.9 Å². The Bertz CT molecular complexity index is 942. The van der Waals surface area contributed by atoms with Crippen LogP contribution in [0.5, 0.6) is 5.75 Å². The molecule has 4 fully saturated rings. The number of ether oxygens (including phenoxy) is 2. The molecule has 0 radical (unpaired) electrons. The third-order valence-electron chi connectivity index (χ3n) is 7.33. The molecule has 3 saturated heterocycles. The molecule has 1 aromatic carbocycles. The van der Waals surface area contributed by atoms with E-state index in [1.165, 1.54) is 18.2 Å². The number of hydrogen-bond acceptors (Lipinski definition) is 4. The third-order valence-corrected chi connectivity index (χ3v) is 7.33. The smallest absolute Gasteiger partial charge is 0.320 e. The van der Waals surface area contributed by atoms with E-state index in [1.807, 2.05) is 9.80 Å². The van der Waals surface area contributed by atoms with Crippen LogP contribution in [0.4, 0.5) is 9.18 Å². The number of nitrogens with zero attached hydrogens (tertiary/aromatic N) is 2. The van der Waals surface area contributed by atoms with Gasteiger partial charge in [0.25, 0.3) is 0 Å². The normalized spacial score (nSPS) is 29.9. The van der Waals surface area contributed by atoms with Crippen LogP contribution in [0.3, 0.4) is 0 Å². The molecule has 3 aliphatic heterocycles. The zero-order chi connectivity index (χ0) is 23.4. The van der Waals surface area contributed by atoms with Crippen molar-refractivity contribution in [1.29, 1.82) is 0 Å². The SMILES string of the molecule is [3H]C([3H])([3H])Oc1cccc(F)c1CC1CC2(C1)CN(C(=O)N1CC[C@@H]3OCC(=O)C[C@@H]3C1)C2. The average Bonchev–Trinajstić information content (AvgIpc) is 2.68. The van der Waals surface area contributed by atoms with Crippen molar-refractivity contribution in [2.24, 2.45) is 17.3 Å². The molecule has 0 unspecified atom stereocenters. The van der Waals surface area contributed by atoms with Crippen LogP contribution in [0.2, 0.25) is 0 Å². The Morgan fingerprint density at radius 3 is 3.00 bits per heavy atom. The van der Waals surface area contributed by atoms with E-state index in [2.05, 4.69) is 0 Å². The second-order valence-corrected chi connectivity index (χ2v) is 9.52. The highest BCUT2D eigenvalue weighted by Gasteiger charge is 2.54. The number of carbonyl (C=O) groups is 2. The molecule has 6 nitrogen and oxygen atoms in total. The van der Waals surface area contributed by atoms with Gasteiger partial charge in [-0.2, -0.15) is 0 Å². The van der Waals surface area contributed by atoms with E-state index in [-0.39, 0.29) is 47.5 Å². The largest absolute Gasteiger partial charge is 0.496 e. The lowest BCUT2D eigenvalue weighted by atomic mass is 9.56. The fourth-order valence-electron chi connectivity index (χ4n) is 5.94. The number of urea groups is 1. The Morgan fingerprint density at radius 1 is 1.37 bits per heavy atom. The van der Waals surface area contributed by atoms with Gasteiger partial charge >= 0.3 is 6.03 Å². The summed E-state index contributed by atoms with van der Waals surface area (Å²) in [7, 11) is -2.62. The number of Topliss-reactive ketones (excluding diaryl/α,β-unsaturated/α-hetero) is 1. The fourth-order valence-corrected chi connectivity index (χ4v) is 5.94. The van der Waals surface area contributed by atoms with Crippen molar-refractivity contribution in [2.45, 2.75) is 38.2 Å². The lowest BCUT2D eigenvalue weighted by molar-refractivity contribution is -0.140. The molecule has 1 saturated carbocycles. The minimum Gasteiger partial charge on any atom is -0.496 e. The van der Waals surface area contributed by atoms with Gasteiger partial charge in [-0.05, 0) is 43.7 Å². The number of amides is 2. The molecule has 162 valence electrons. The van der Waals surface area contributed by atoms with E-state index in [9.17, 15) is 14.0 Å². The van der Waals surface area contributed by atoms with Crippen molar-refractivity contribution >= 4 is 11.8 Å². The van der Waals surface area contributed by atoms with Gasteiger partial charge in [0, 0.05) is 49.5 Å². The molecular formula is C23H29FN2O4. The first kappa shape index (κ1) is 16.5. The second kappa shape index (κ2) is 7.52. The molecule has 3 heterocycles. The number of benzene rings is 1.